The van der Waals surface area contributed by atoms with Crippen LogP contribution in [0.3, 0.4) is 0 Å². The van der Waals surface area contributed by atoms with Gasteiger partial charge in [-0.15, -0.1) is 0 Å². The molecule has 0 radical (unpaired) electrons. The van der Waals surface area contributed by atoms with Crippen LogP contribution in [0, 0.1) is 0 Å². The number of halogens is 2. The van der Waals surface area contributed by atoms with Gasteiger partial charge >= 0.3 is 155 Å². The Morgan fingerprint density at radius 3 is 2.42 bits per heavy atom. The van der Waals surface area contributed by atoms with E-state index in [1.54, 1.807) is 20.0 Å². The Labute approximate surface area is 179 Å². The van der Waals surface area contributed by atoms with Crippen LogP contribution in [-0.4, -0.2) is 0 Å². The van der Waals surface area contributed by atoms with Crippen molar-refractivity contribution in [3.63, 3.8) is 0 Å². The Balaban J connectivity index is 0.000000980. The van der Waals surface area contributed by atoms with Crippen LogP contribution in [0.4, 0.5) is 0 Å². The summed E-state index contributed by atoms with van der Waals surface area (Å²) in [6, 6.07) is 24.9. The zero-order valence-corrected chi connectivity index (χ0v) is 18.4. The van der Waals surface area contributed by atoms with Gasteiger partial charge in [-0.1, -0.05) is 0 Å². The quantitative estimate of drug-likeness (QED) is 0.368. The molecule has 2 aliphatic carbocycles. The van der Waals surface area contributed by atoms with Gasteiger partial charge in [0, 0.05) is 0 Å². The van der Waals surface area contributed by atoms with E-state index < -0.39 is 23.2 Å². The largest absolute Gasteiger partial charge is 1.00 e. The molecule has 0 aromatic heterocycles. The molecule has 0 saturated carbocycles. The van der Waals surface area contributed by atoms with Crippen molar-refractivity contribution in [1.82, 2.24) is 0 Å². The average molecular weight is 457 g/mol. The molecule has 1 atom stereocenters. The second-order valence-corrected chi connectivity index (χ2v) is 10.2. The van der Waals surface area contributed by atoms with E-state index in [9.17, 15) is 0 Å². The van der Waals surface area contributed by atoms with Crippen LogP contribution in [0.5, 0.6) is 0 Å². The summed E-state index contributed by atoms with van der Waals surface area (Å²) in [7, 11) is 0. The van der Waals surface area contributed by atoms with Crippen molar-refractivity contribution in [2.45, 2.75) is 17.0 Å². The molecule has 2 aliphatic rings. The molecule has 5 rings (SSSR count). The molecule has 0 N–H and O–H groups in total. The smallest absolute Gasteiger partial charge is 1.00 e. The number of benzene rings is 3. The summed E-state index contributed by atoms with van der Waals surface area (Å²) < 4.78 is 2.38. The summed E-state index contributed by atoms with van der Waals surface area (Å²) in [4.78, 5) is 0. The molecule has 128 valence electrons. The van der Waals surface area contributed by atoms with Crippen LogP contribution in [0.25, 0.3) is 17.2 Å². The third-order valence-corrected chi connectivity index (χ3v) is 9.81. The van der Waals surface area contributed by atoms with Gasteiger partial charge in [-0.05, 0) is 0 Å². The van der Waals surface area contributed by atoms with E-state index >= 15 is 0 Å². The maximum absolute atomic E-state index is 2.41. The first-order chi connectivity index (χ1) is 11.8. The minimum absolute atomic E-state index is 0. The van der Waals surface area contributed by atoms with Crippen molar-refractivity contribution >= 4 is 9.35 Å². The van der Waals surface area contributed by atoms with Crippen LogP contribution in [0.15, 0.2) is 72.3 Å². The Bertz CT molecular complexity index is 991. The van der Waals surface area contributed by atoms with Crippen molar-refractivity contribution in [3.05, 3.63) is 94.6 Å². The third-order valence-electron chi connectivity index (χ3n) is 5.30. The summed E-state index contributed by atoms with van der Waals surface area (Å²) in [5.41, 5.74) is 10.6. The number of rotatable bonds is 2. The van der Waals surface area contributed by atoms with Crippen molar-refractivity contribution < 1.29 is 48.0 Å². The molecule has 0 spiro atoms. The van der Waals surface area contributed by atoms with Crippen molar-refractivity contribution in [3.8, 4) is 11.1 Å². The molecular weight excluding hydrogens is 438 g/mol. The zero-order valence-electron chi connectivity index (χ0n) is 14.5. The van der Waals surface area contributed by atoms with E-state index in [2.05, 4.69) is 79.7 Å². The first-order valence-corrected chi connectivity index (χ1v) is 11.2. The van der Waals surface area contributed by atoms with Crippen LogP contribution in [-0.2, 0) is 29.7 Å². The van der Waals surface area contributed by atoms with Gasteiger partial charge in [0.15, 0.2) is 0 Å². The molecule has 0 nitrogen and oxygen atoms in total. The number of hydrogen-bond donors (Lipinski definition) is 0. The molecule has 0 amide bonds. The van der Waals surface area contributed by atoms with Gasteiger partial charge in [0.05, 0.1) is 0 Å². The summed E-state index contributed by atoms with van der Waals surface area (Å²) in [5, 5.41) is 0. The van der Waals surface area contributed by atoms with Gasteiger partial charge in [-0.2, -0.15) is 0 Å². The van der Waals surface area contributed by atoms with Crippen LogP contribution in [0.1, 0.15) is 32.8 Å². The summed E-state index contributed by atoms with van der Waals surface area (Å²) >= 11 is -0.732. The molecule has 0 saturated heterocycles. The fourth-order valence-electron chi connectivity index (χ4n) is 4.12. The van der Waals surface area contributed by atoms with E-state index in [1.165, 1.54) is 22.3 Å². The molecule has 0 heterocycles. The van der Waals surface area contributed by atoms with Crippen molar-refractivity contribution in [2.75, 3.05) is 0 Å². The predicted molar refractivity (Wildman–Crippen MR) is 97.2 cm³/mol. The predicted octanol–water partition coefficient (Wildman–Crippen LogP) is -0.868. The molecular formula is C23H18Cl2Zr. The van der Waals surface area contributed by atoms with Gasteiger partial charge in [0.2, 0.25) is 0 Å². The second-order valence-electron chi connectivity index (χ2n) is 6.76. The second kappa shape index (κ2) is 7.85. The summed E-state index contributed by atoms with van der Waals surface area (Å²) in [6.45, 7) is 2.32. The molecule has 26 heavy (non-hydrogen) atoms. The third kappa shape index (κ3) is 3.15. The maximum atomic E-state index is 2.41. The number of allylic oxidation sites excluding steroid dienone is 1. The SMILES string of the molecule is CC1=Cc2ccccc2[CH]1[Zr+2][c]1cccc2c1Cc1ccccc1-2.[Cl-].[Cl-]. The summed E-state index contributed by atoms with van der Waals surface area (Å²) in [6.07, 6.45) is 3.53. The van der Waals surface area contributed by atoms with Crippen LogP contribution in [0.2, 0.25) is 0 Å². The Hall–Kier alpha value is -1.14. The van der Waals surface area contributed by atoms with Crippen molar-refractivity contribution in [2.24, 2.45) is 0 Å². The van der Waals surface area contributed by atoms with Gasteiger partial charge < -0.3 is 24.8 Å². The molecule has 0 fully saturated rings. The number of hydrogen-bond acceptors (Lipinski definition) is 0. The van der Waals surface area contributed by atoms with E-state index in [4.69, 9.17) is 0 Å². The molecule has 3 aromatic rings. The standard InChI is InChI=1S/C13H9.C10H9.2ClH.Zr/c1-3-7-12-10(5-1)9-11-6-2-4-8-13(11)12;1-8-6-9-4-2-3-5-10(9)7-8;;;/h1-5,7-8H,9H2;2-7H,1H3;2*1H;/q;;;;+2/p-2. The van der Waals surface area contributed by atoms with Gasteiger partial charge in [-0.3, -0.25) is 0 Å². The van der Waals surface area contributed by atoms with Gasteiger partial charge in [-0.25, -0.2) is 0 Å². The minimum Gasteiger partial charge on any atom is -1.00 e. The normalized spacial score (nSPS) is 15.6. The average Bonchev–Trinajstić information content (AvgIpc) is 3.14. The zero-order chi connectivity index (χ0) is 16.1. The molecule has 0 aliphatic heterocycles. The summed E-state index contributed by atoms with van der Waals surface area (Å²) in [5.74, 6) is 0. The Kier molecular flexibility index (Phi) is 5.92. The fraction of sp³-hybridized carbons (Fsp3) is 0.130. The molecule has 3 heteroatoms. The maximum Gasteiger partial charge on any atom is -1.00 e. The van der Waals surface area contributed by atoms with Crippen molar-refractivity contribution in [1.29, 1.82) is 0 Å². The van der Waals surface area contributed by atoms with E-state index in [0.29, 0.717) is 3.63 Å². The number of fused-ring (bicyclic) bond motifs is 4. The first-order valence-electron chi connectivity index (χ1n) is 8.55. The molecule has 3 aromatic carbocycles. The van der Waals surface area contributed by atoms with E-state index in [1.807, 2.05) is 0 Å². The molecule has 1 unspecified atom stereocenters. The van der Waals surface area contributed by atoms with Crippen LogP contribution < -0.4 is 28.1 Å². The Morgan fingerprint density at radius 1 is 0.808 bits per heavy atom. The topological polar surface area (TPSA) is 0 Å². The fourth-order valence-corrected chi connectivity index (χ4v) is 8.13. The first kappa shape index (κ1) is 19.6. The van der Waals surface area contributed by atoms with Gasteiger partial charge in [0.1, 0.15) is 0 Å². The minimum atomic E-state index is -0.732. The van der Waals surface area contributed by atoms with Crippen LogP contribution >= 0.6 is 0 Å². The molecule has 0 bridgehead atoms. The van der Waals surface area contributed by atoms with E-state index in [0.717, 1.165) is 6.42 Å². The Morgan fingerprint density at radius 2 is 1.54 bits per heavy atom. The van der Waals surface area contributed by atoms with E-state index in [-0.39, 0.29) is 24.8 Å². The monoisotopic (exact) mass is 454 g/mol. The van der Waals surface area contributed by atoms with Gasteiger partial charge in [0.25, 0.3) is 0 Å².